The third-order valence-corrected chi connectivity index (χ3v) is 3.40. The van der Waals surface area contributed by atoms with Crippen LogP contribution in [0, 0.1) is 5.92 Å². The number of rotatable bonds is 3. The number of halogens is 1. The number of carbonyl (C=O) groups excluding carboxylic acids is 1. The number of piperidine rings is 1. The van der Waals surface area contributed by atoms with E-state index < -0.39 is 0 Å². The molecular formula is C12H17ClN2O2. The van der Waals surface area contributed by atoms with Crippen LogP contribution in [0.3, 0.4) is 0 Å². The molecule has 1 fully saturated rings. The summed E-state index contributed by atoms with van der Waals surface area (Å²) < 4.78 is 5.07. The van der Waals surface area contributed by atoms with Gasteiger partial charge in [-0.2, -0.15) is 0 Å². The van der Waals surface area contributed by atoms with Crippen molar-refractivity contribution in [2.24, 2.45) is 5.92 Å². The van der Waals surface area contributed by atoms with Gasteiger partial charge in [0.05, 0.1) is 0 Å². The molecule has 17 heavy (non-hydrogen) atoms. The van der Waals surface area contributed by atoms with Crippen molar-refractivity contribution in [2.75, 3.05) is 13.1 Å². The molecule has 2 unspecified atom stereocenters. The van der Waals surface area contributed by atoms with E-state index in [1.54, 1.807) is 12.1 Å². The molecule has 0 radical (unpaired) electrons. The molecule has 0 saturated carbocycles. The molecule has 0 spiro atoms. The lowest BCUT2D eigenvalue weighted by Crippen LogP contribution is -2.44. The first-order chi connectivity index (χ1) is 8.16. The Labute approximate surface area is 106 Å². The summed E-state index contributed by atoms with van der Waals surface area (Å²) in [5.74, 6) is 0.554. The lowest BCUT2D eigenvalue weighted by Gasteiger charge is -2.28. The lowest BCUT2D eigenvalue weighted by molar-refractivity contribution is 0.0894. The molecule has 4 nitrogen and oxygen atoms in total. The summed E-state index contributed by atoms with van der Waals surface area (Å²) in [5.41, 5.74) is 0. The van der Waals surface area contributed by atoms with Gasteiger partial charge in [-0.05, 0) is 62.5 Å². The van der Waals surface area contributed by atoms with Gasteiger partial charge in [-0.1, -0.05) is 0 Å². The minimum atomic E-state index is -0.199. The van der Waals surface area contributed by atoms with Crippen LogP contribution in [0.2, 0.25) is 5.22 Å². The van der Waals surface area contributed by atoms with Crippen LogP contribution in [-0.2, 0) is 0 Å². The van der Waals surface area contributed by atoms with E-state index in [1.165, 1.54) is 0 Å². The number of hydrogen-bond acceptors (Lipinski definition) is 3. The van der Waals surface area contributed by atoms with Gasteiger partial charge < -0.3 is 15.1 Å². The summed E-state index contributed by atoms with van der Waals surface area (Å²) in [7, 11) is 0. The van der Waals surface area contributed by atoms with Crippen LogP contribution in [0.25, 0.3) is 0 Å². The summed E-state index contributed by atoms with van der Waals surface area (Å²) in [6.07, 6.45) is 2.31. The molecule has 2 rings (SSSR count). The third kappa shape index (κ3) is 3.23. The van der Waals surface area contributed by atoms with Gasteiger partial charge in [0, 0.05) is 6.04 Å². The van der Waals surface area contributed by atoms with Gasteiger partial charge >= 0.3 is 0 Å². The standard InChI is InChI=1S/C12H17ClN2O2/c1-8(9-3-2-6-14-7-9)15-12(16)10-4-5-11(13)17-10/h4-5,8-9,14H,2-3,6-7H2,1H3,(H,15,16). The Hall–Kier alpha value is -1.00. The van der Waals surface area contributed by atoms with Crippen molar-refractivity contribution >= 4 is 17.5 Å². The van der Waals surface area contributed by atoms with Gasteiger partial charge in [-0.15, -0.1) is 0 Å². The van der Waals surface area contributed by atoms with Crippen LogP contribution in [0.1, 0.15) is 30.3 Å². The van der Waals surface area contributed by atoms with Crippen molar-refractivity contribution in [1.82, 2.24) is 10.6 Å². The summed E-state index contributed by atoms with van der Waals surface area (Å²) in [6, 6.07) is 3.30. The molecule has 0 bridgehead atoms. The number of carbonyl (C=O) groups is 1. The smallest absolute Gasteiger partial charge is 0.287 e. The normalized spacial score (nSPS) is 22.1. The van der Waals surface area contributed by atoms with E-state index in [2.05, 4.69) is 10.6 Å². The first-order valence-electron chi connectivity index (χ1n) is 5.94. The fraction of sp³-hybridized carbons (Fsp3) is 0.583. The molecule has 1 aliphatic heterocycles. The van der Waals surface area contributed by atoms with Gasteiger partial charge in [0.1, 0.15) is 0 Å². The predicted molar refractivity (Wildman–Crippen MR) is 66.2 cm³/mol. The SMILES string of the molecule is CC(NC(=O)c1ccc(Cl)o1)C1CCCNC1. The molecule has 1 saturated heterocycles. The van der Waals surface area contributed by atoms with E-state index in [4.69, 9.17) is 16.0 Å². The molecule has 1 aromatic heterocycles. The molecule has 0 aliphatic carbocycles. The maximum absolute atomic E-state index is 11.8. The molecule has 2 atom stereocenters. The highest BCUT2D eigenvalue weighted by Crippen LogP contribution is 2.16. The Kier molecular flexibility index (Phi) is 4.07. The summed E-state index contributed by atoms with van der Waals surface area (Å²) in [6.45, 7) is 4.06. The van der Waals surface area contributed by atoms with Crippen molar-refractivity contribution in [3.63, 3.8) is 0 Å². The van der Waals surface area contributed by atoms with Crippen molar-refractivity contribution < 1.29 is 9.21 Å². The zero-order chi connectivity index (χ0) is 12.3. The molecule has 2 heterocycles. The molecule has 0 aromatic carbocycles. The van der Waals surface area contributed by atoms with Gasteiger partial charge in [-0.3, -0.25) is 4.79 Å². The maximum Gasteiger partial charge on any atom is 0.287 e. The van der Waals surface area contributed by atoms with Crippen LogP contribution in [-0.4, -0.2) is 25.0 Å². The fourth-order valence-corrected chi connectivity index (χ4v) is 2.28. The second kappa shape index (κ2) is 5.56. The highest BCUT2D eigenvalue weighted by atomic mass is 35.5. The highest BCUT2D eigenvalue weighted by Gasteiger charge is 2.22. The molecule has 2 N–H and O–H groups in total. The highest BCUT2D eigenvalue weighted by molar-refractivity contribution is 6.29. The molecule has 1 aliphatic rings. The summed E-state index contributed by atoms with van der Waals surface area (Å²) >= 11 is 5.63. The number of hydrogen-bond donors (Lipinski definition) is 2. The first kappa shape index (κ1) is 12.5. The van der Waals surface area contributed by atoms with Gasteiger partial charge in [-0.25, -0.2) is 0 Å². The zero-order valence-corrected chi connectivity index (χ0v) is 10.6. The second-order valence-corrected chi connectivity index (χ2v) is 4.84. The van der Waals surface area contributed by atoms with Gasteiger partial charge in [0.2, 0.25) is 0 Å². The van der Waals surface area contributed by atoms with Crippen LogP contribution >= 0.6 is 11.6 Å². The van der Waals surface area contributed by atoms with Crippen LogP contribution in [0.4, 0.5) is 0 Å². The monoisotopic (exact) mass is 256 g/mol. The molecule has 94 valence electrons. The van der Waals surface area contributed by atoms with Crippen LogP contribution in [0.5, 0.6) is 0 Å². The second-order valence-electron chi connectivity index (χ2n) is 4.47. The molecule has 5 heteroatoms. The average molecular weight is 257 g/mol. The average Bonchev–Trinajstić information content (AvgIpc) is 2.77. The first-order valence-corrected chi connectivity index (χ1v) is 6.31. The summed E-state index contributed by atoms with van der Waals surface area (Å²) in [5, 5.41) is 6.52. The topological polar surface area (TPSA) is 54.3 Å². The largest absolute Gasteiger partial charge is 0.440 e. The van der Waals surface area contributed by atoms with E-state index in [9.17, 15) is 4.79 Å². The van der Waals surface area contributed by atoms with E-state index in [0.29, 0.717) is 5.92 Å². The number of amides is 1. The third-order valence-electron chi connectivity index (χ3n) is 3.20. The van der Waals surface area contributed by atoms with Gasteiger partial charge in [0.25, 0.3) is 5.91 Å². The van der Waals surface area contributed by atoms with E-state index in [-0.39, 0.29) is 22.9 Å². The molecular weight excluding hydrogens is 240 g/mol. The Morgan fingerprint density at radius 1 is 1.65 bits per heavy atom. The molecule has 1 amide bonds. The zero-order valence-electron chi connectivity index (χ0n) is 9.83. The Morgan fingerprint density at radius 3 is 3.06 bits per heavy atom. The number of furan rings is 1. The summed E-state index contributed by atoms with van der Waals surface area (Å²) in [4.78, 5) is 11.8. The minimum Gasteiger partial charge on any atom is -0.440 e. The Morgan fingerprint density at radius 2 is 2.47 bits per heavy atom. The van der Waals surface area contributed by atoms with Crippen LogP contribution < -0.4 is 10.6 Å². The van der Waals surface area contributed by atoms with Crippen molar-refractivity contribution in [1.29, 1.82) is 0 Å². The quantitative estimate of drug-likeness (QED) is 0.870. The van der Waals surface area contributed by atoms with E-state index in [1.807, 2.05) is 6.92 Å². The van der Waals surface area contributed by atoms with Crippen molar-refractivity contribution in [3.8, 4) is 0 Å². The Bertz CT molecular complexity index is 386. The van der Waals surface area contributed by atoms with Crippen LogP contribution in [0.15, 0.2) is 16.5 Å². The fourth-order valence-electron chi connectivity index (χ4n) is 2.14. The lowest BCUT2D eigenvalue weighted by atomic mass is 9.93. The van der Waals surface area contributed by atoms with Crippen molar-refractivity contribution in [3.05, 3.63) is 23.1 Å². The Balaban J connectivity index is 1.89. The van der Waals surface area contributed by atoms with E-state index in [0.717, 1.165) is 25.9 Å². The van der Waals surface area contributed by atoms with Crippen molar-refractivity contribution in [2.45, 2.75) is 25.8 Å². The predicted octanol–water partition coefficient (Wildman–Crippen LogP) is 2.05. The maximum atomic E-state index is 11.8. The number of nitrogens with one attached hydrogen (secondary N) is 2. The van der Waals surface area contributed by atoms with Gasteiger partial charge in [0.15, 0.2) is 11.0 Å². The molecule has 1 aromatic rings. The minimum absolute atomic E-state index is 0.138. The van der Waals surface area contributed by atoms with E-state index >= 15 is 0 Å².